The fourth-order valence-corrected chi connectivity index (χ4v) is 1.79. The molecule has 0 aliphatic carbocycles. The molecule has 0 atom stereocenters. The molecule has 0 aliphatic heterocycles. The number of halogens is 1. The van der Waals surface area contributed by atoms with Gasteiger partial charge in [-0.3, -0.25) is 4.79 Å². The maximum absolute atomic E-state index is 13.2. The molecule has 2 N–H and O–H groups in total. The van der Waals surface area contributed by atoms with Gasteiger partial charge in [0.1, 0.15) is 11.6 Å². The zero-order chi connectivity index (χ0) is 14.8. The summed E-state index contributed by atoms with van der Waals surface area (Å²) in [5.41, 5.74) is 6.18. The number of benzene rings is 1. The van der Waals surface area contributed by atoms with Crippen molar-refractivity contribution in [1.82, 2.24) is 0 Å². The van der Waals surface area contributed by atoms with E-state index in [2.05, 4.69) is 0 Å². The largest absolute Gasteiger partial charge is 0.493 e. The number of unbranched alkanes of at least 4 members (excludes halogenated alkanes) is 2. The molecule has 0 bridgehead atoms. The van der Waals surface area contributed by atoms with Crippen LogP contribution in [0.2, 0.25) is 0 Å². The molecule has 112 valence electrons. The third kappa shape index (κ3) is 6.52. The van der Waals surface area contributed by atoms with Crippen LogP contribution in [0.4, 0.5) is 4.39 Å². The molecule has 0 unspecified atom stereocenters. The van der Waals surface area contributed by atoms with E-state index in [0.29, 0.717) is 30.9 Å². The Labute approximate surface area is 119 Å². The number of ether oxygens (including phenoxy) is 2. The van der Waals surface area contributed by atoms with E-state index in [1.165, 1.54) is 12.1 Å². The zero-order valence-corrected chi connectivity index (χ0v) is 11.9. The van der Waals surface area contributed by atoms with Gasteiger partial charge >= 0.3 is 5.97 Å². The smallest absolute Gasteiger partial charge is 0.305 e. The van der Waals surface area contributed by atoms with Crippen LogP contribution in [0, 0.1) is 5.82 Å². The third-order valence-corrected chi connectivity index (χ3v) is 2.77. The predicted octanol–water partition coefficient (Wildman–Crippen LogP) is 2.79. The van der Waals surface area contributed by atoms with E-state index in [-0.39, 0.29) is 18.3 Å². The highest BCUT2D eigenvalue weighted by Gasteiger charge is 2.02. The van der Waals surface area contributed by atoms with Crippen LogP contribution in [0.5, 0.6) is 5.75 Å². The first-order valence-electron chi connectivity index (χ1n) is 6.93. The molecule has 0 aromatic heterocycles. The molecule has 0 spiro atoms. The van der Waals surface area contributed by atoms with E-state index in [1.807, 2.05) is 0 Å². The molecule has 0 fully saturated rings. The lowest BCUT2D eigenvalue weighted by Gasteiger charge is -2.08. The van der Waals surface area contributed by atoms with Crippen molar-refractivity contribution in [3.63, 3.8) is 0 Å². The van der Waals surface area contributed by atoms with Crippen molar-refractivity contribution in [3.05, 3.63) is 29.6 Å². The minimum atomic E-state index is -0.342. The second-order valence-electron chi connectivity index (χ2n) is 4.46. The van der Waals surface area contributed by atoms with Gasteiger partial charge in [-0.25, -0.2) is 4.39 Å². The van der Waals surface area contributed by atoms with E-state index in [0.717, 1.165) is 19.3 Å². The van der Waals surface area contributed by atoms with E-state index in [9.17, 15) is 9.18 Å². The summed E-state index contributed by atoms with van der Waals surface area (Å²) >= 11 is 0. The van der Waals surface area contributed by atoms with Gasteiger partial charge in [-0.1, -0.05) is 0 Å². The number of hydrogen-bond acceptors (Lipinski definition) is 4. The summed E-state index contributed by atoms with van der Waals surface area (Å²) in [5.74, 6) is -0.00719. The Kier molecular flexibility index (Phi) is 7.65. The number of rotatable bonds is 9. The van der Waals surface area contributed by atoms with E-state index >= 15 is 0 Å². The zero-order valence-electron chi connectivity index (χ0n) is 11.9. The maximum Gasteiger partial charge on any atom is 0.305 e. The van der Waals surface area contributed by atoms with Crippen LogP contribution in [0.15, 0.2) is 18.2 Å². The van der Waals surface area contributed by atoms with E-state index in [1.54, 1.807) is 13.0 Å². The van der Waals surface area contributed by atoms with Crippen molar-refractivity contribution in [2.75, 3.05) is 13.2 Å². The molecule has 0 saturated heterocycles. The molecule has 1 aromatic rings. The summed E-state index contributed by atoms with van der Waals surface area (Å²) in [6.07, 6.45) is 2.90. The second kappa shape index (κ2) is 9.31. The minimum absolute atomic E-state index is 0.161. The highest BCUT2D eigenvalue weighted by atomic mass is 19.1. The van der Waals surface area contributed by atoms with Gasteiger partial charge in [0.25, 0.3) is 0 Å². The number of nitrogens with two attached hydrogens (primary N) is 1. The lowest BCUT2D eigenvalue weighted by Crippen LogP contribution is -2.04. The summed E-state index contributed by atoms with van der Waals surface area (Å²) < 4.78 is 23.5. The van der Waals surface area contributed by atoms with Crippen LogP contribution in [0.3, 0.4) is 0 Å². The lowest BCUT2D eigenvalue weighted by atomic mass is 10.2. The molecule has 1 aromatic carbocycles. The SMILES string of the molecule is CCOC(=O)CCCCCOc1cc(F)cc(CN)c1. The van der Waals surface area contributed by atoms with Crippen LogP contribution in [-0.2, 0) is 16.1 Å². The Morgan fingerprint density at radius 2 is 2.05 bits per heavy atom. The van der Waals surface area contributed by atoms with Crippen LogP contribution >= 0.6 is 0 Å². The minimum Gasteiger partial charge on any atom is -0.493 e. The van der Waals surface area contributed by atoms with Gasteiger partial charge in [0.15, 0.2) is 0 Å². The number of hydrogen-bond donors (Lipinski definition) is 1. The lowest BCUT2D eigenvalue weighted by molar-refractivity contribution is -0.143. The van der Waals surface area contributed by atoms with E-state index in [4.69, 9.17) is 15.2 Å². The first kappa shape index (κ1) is 16.4. The topological polar surface area (TPSA) is 61.5 Å². The summed E-state index contributed by atoms with van der Waals surface area (Å²) in [7, 11) is 0. The monoisotopic (exact) mass is 283 g/mol. The summed E-state index contributed by atoms with van der Waals surface area (Å²) in [6.45, 7) is 3.00. The van der Waals surface area contributed by atoms with Crippen LogP contribution < -0.4 is 10.5 Å². The normalized spacial score (nSPS) is 10.3. The molecule has 4 nitrogen and oxygen atoms in total. The van der Waals surface area contributed by atoms with Gasteiger partial charge in [0.2, 0.25) is 0 Å². The van der Waals surface area contributed by atoms with Gasteiger partial charge in [-0.15, -0.1) is 0 Å². The molecule has 0 heterocycles. The van der Waals surface area contributed by atoms with Crippen molar-refractivity contribution in [1.29, 1.82) is 0 Å². The number of carbonyl (C=O) groups excluding carboxylic acids is 1. The third-order valence-electron chi connectivity index (χ3n) is 2.77. The fourth-order valence-electron chi connectivity index (χ4n) is 1.79. The van der Waals surface area contributed by atoms with Gasteiger partial charge in [0.05, 0.1) is 13.2 Å². The molecule has 20 heavy (non-hydrogen) atoms. The first-order chi connectivity index (χ1) is 9.65. The standard InChI is InChI=1S/C15H22FNO3/c1-2-19-15(18)6-4-3-5-7-20-14-9-12(11-17)8-13(16)10-14/h8-10H,2-7,11,17H2,1H3. The molecule has 1 rings (SSSR count). The number of carbonyl (C=O) groups is 1. The molecular weight excluding hydrogens is 261 g/mol. The van der Waals surface area contributed by atoms with Crippen molar-refractivity contribution in [3.8, 4) is 5.75 Å². The molecular formula is C15H22FNO3. The van der Waals surface area contributed by atoms with Gasteiger partial charge in [-0.2, -0.15) is 0 Å². The summed E-state index contributed by atoms with van der Waals surface area (Å²) in [5, 5.41) is 0. The molecule has 0 amide bonds. The molecule has 0 radical (unpaired) electrons. The average molecular weight is 283 g/mol. The quantitative estimate of drug-likeness (QED) is 0.559. The molecule has 5 heteroatoms. The maximum atomic E-state index is 13.2. The van der Waals surface area contributed by atoms with Gasteiger partial charge in [0, 0.05) is 19.0 Å². The Balaban J connectivity index is 2.18. The summed E-state index contributed by atoms with van der Waals surface area (Å²) in [6, 6.07) is 4.48. The predicted molar refractivity (Wildman–Crippen MR) is 74.9 cm³/mol. The highest BCUT2D eigenvalue weighted by Crippen LogP contribution is 2.16. The highest BCUT2D eigenvalue weighted by molar-refractivity contribution is 5.69. The Bertz CT molecular complexity index is 424. The first-order valence-corrected chi connectivity index (χ1v) is 6.93. The van der Waals surface area contributed by atoms with Crippen LogP contribution in [-0.4, -0.2) is 19.2 Å². The van der Waals surface area contributed by atoms with Gasteiger partial charge < -0.3 is 15.2 Å². The van der Waals surface area contributed by atoms with Crippen LogP contribution in [0.25, 0.3) is 0 Å². The number of esters is 1. The van der Waals surface area contributed by atoms with Crippen molar-refractivity contribution in [2.24, 2.45) is 5.73 Å². The fraction of sp³-hybridized carbons (Fsp3) is 0.533. The Hall–Kier alpha value is -1.62. The summed E-state index contributed by atoms with van der Waals surface area (Å²) in [4.78, 5) is 11.1. The van der Waals surface area contributed by atoms with E-state index < -0.39 is 0 Å². The second-order valence-corrected chi connectivity index (χ2v) is 4.46. The Morgan fingerprint density at radius 3 is 2.75 bits per heavy atom. The van der Waals surface area contributed by atoms with Crippen molar-refractivity contribution < 1.29 is 18.7 Å². The molecule has 0 saturated carbocycles. The van der Waals surface area contributed by atoms with Crippen molar-refractivity contribution >= 4 is 5.97 Å². The molecule has 0 aliphatic rings. The Morgan fingerprint density at radius 1 is 1.25 bits per heavy atom. The van der Waals surface area contributed by atoms with Crippen LogP contribution in [0.1, 0.15) is 38.2 Å². The average Bonchev–Trinajstić information content (AvgIpc) is 2.42. The van der Waals surface area contributed by atoms with Gasteiger partial charge in [-0.05, 0) is 43.9 Å². The van der Waals surface area contributed by atoms with Crippen molar-refractivity contribution in [2.45, 2.75) is 39.2 Å².